The maximum Gasteiger partial charge on any atom is 0.512 e. The zero-order valence-electron chi connectivity index (χ0n) is 17.8. The summed E-state index contributed by atoms with van der Waals surface area (Å²) < 4.78 is 5.21. The lowest BCUT2D eigenvalue weighted by Crippen LogP contribution is -2.46. The van der Waals surface area contributed by atoms with Crippen LogP contribution in [-0.4, -0.2) is 34.7 Å². The van der Waals surface area contributed by atoms with E-state index in [-0.39, 0.29) is 17.9 Å². The molecule has 7 heteroatoms. The van der Waals surface area contributed by atoms with Crippen LogP contribution in [0.5, 0.6) is 5.06 Å². The van der Waals surface area contributed by atoms with Crippen molar-refractivity contribution in [3.05, 3.63) is 36.4 Å². The first-order chi connectivity index (χ1) is 15.0. The second-order valence-corrected chi connectivity index (χ2v) is 10.8. The molecule has 1 saturated carbocycles. The van der Waals surface area contributed by atoms with Crippen molar-refractivity contribution in [2.45, 2.75) is 51.5 Å². The third kappa shape index (κ3) is 5.26. The monoisotopic (exact) mass is 459 g/mol. The summed E-state index contributed by atoms with van der Waals surface area (Å²) in [6.07, 6.45) is 4.45. The predicted octanol–water partition coefficient (Wildman–Crippen LogP) is 6.53. The van der Waals surface area contributed by atoms with Crippen LogP contribution in [0.25, 0.3) is 10.4 Å². The van der Waals surface area contributed by atoms with E-state index in [0.717, 1.165) is 60.5 Å². The quantitative estimate of drug-likeness (QED) is 0.515. The minimum Gasteiger partial charge on any atom is -0.449 e. The van der Waals surface area contributed by atoms with Gasteiger partial charge in [-0.25, -0.2) is 4.79 Å². The van der Waals surface area contributed by atoms with Gasteiger partial charge in [0.25, 0.3) is 0 Å². The van der Waals surface area contributed by atoms with Gasteiger partial charge >= 0.3 is 6.16 Å². The topological polar surface area (TPSA) is 66.8 Å². The standard InChI is InChI=1S/C24H29NO4S2/c1-16-7-9-18(10-8-16)22(26)25(19-11-13-30-14-12-19)20-15-21(17-5-3-2-4-6-17)31-23(20)29-24(27)28/h2-6,15-16,18-19H,7-14H2,1H3,(H,27,28)/t16-,18-. The Morgan fingerprint density at radius 1 is 1.03 bits per heavy atom. The molecule has 1 aliphatic heterocycles. The van der Waals surface area contributed by atoms with Gasteiger partial charge in [-0.15, -0.1) is 0 Å². The Bertz CT molecular complexity index is 900. The molecule has 2 fully saturated rings. The number of anilines is 1. The first-order valence-electron chi connectivity index (χ1n) is 11.0. The number of rotatable bonds is 5. The number of ether oxygens (including phenoxy) is 1. The number of nitrogens with zero attached hydrogens (tertiary/aromatic N) is 1. The number of benzene rings is 1. The van der Waals surface area contributed by atoms with Crippen LogP contribution in [0.2, 0.25) is 0 Å². The van der Waals surface area contributed by atoms with Gasteiger partial charge in [-0.3, -0.25) is 4.79 Å². The van der Waals surface area contributed by atoms with Crippen LogP contribution >= 0.6 is 23.1 Å². The van der Waals surface area contributed by atoms with Crippen LogP contribution in [0, 0.1) is 11.8 Å². The smallest absolute Gasteiger partial charge is 0.449 e. The van der Waals surface area contributed by atoms with Crippen LogP contribution in [-0.2, 0) is 4.79 Å². The second kappa shape index (κ2) is 10.1. The summed E-state index contributed by atoms with van der Waals surface area (Å²) in [6, 6.07) is 11.9. The van der Waals surface area contributed by atoms with E-state index in [9.17, 15) is 14.7 Å². The molecular formula is C24H29NO4S2. The summed E-state index contributed by atoms with van der Waals surface area (Å²) in [4.78, 5) is 28.1. The number of hydrogen-bond acceptors (Lipinski definition) is 5. The Balaban J connectivity index is 1.73. The van der Waals surface area contributed by atoms with Crippen molar-refractivity contribution in [1.82, 2.24) is 0 Å². The number of carbonyl (C=O) groups excluding carboxylic acids is 1. The highest BCUT2D eigenvalue weighted by Gasteiger charge is 2.36. The number of thiophene rings is 1. The molecule has 5 nitrogen and oxygen atoms in total. The van der Waals surface area contributed by atoms with Crippen molar-refractivity contribution in [3.63, 3.8) is 0 Å². The zero-order valence-corrected chi connectivity index (χ0v) is 19.4. The Morgan fingerprint density at radius 3 is 2.35 bits per heavy atom. The fourth-order valence-electron chi connectivity index (χ4n) is 4.57. The minimum absolute atomic E-state index is 0.00327. The van der Waals surface area contributed by atoms with E-state index in [1.807, 2.05) is 53.1 Å². The summed E-state index contributed by atoms with van der Waals surface area (Å²) in [5.74, 6) is 2.84. The molecule has 2 aliphatic rings. The van der Waals surface area contributed by atoms with Crippen molar-refractivity contribution >= 4 is 40.8 Å². The van der Waals surface area contributed by atoms with Gasteiger partial charge in [0.05, 0.1) is 5.69 Å². The van der Waals surface area contributed by atoms with Crippen molar-refractivity contribution in [1.29, 1.82) is 0 Å². The maximum absolute atomic E-state index is 13.8. The highest BCUT2D eigenvalue weighted by Crippen LogP contribution is 2.46. The molecule has 166 valence electrons. The molecule has 1 aromatic heterocycles. The second-order valence-electron chi connectivity index (χ2n) is 8.53. The summed E-state index contributed by atoms with van der Waals surface area (Å²) in [5, 5.41) is 9.65. The Kier molecular flexibility index (Phi) is 7.23. The molecule has 0 unspecified atom stereocenters. The largest absolute Gasteiger partial charge is 0.512 e. The normalized spacial score (nSPS) is 22.1. The molecule has 0 radical (unpaired) electrons. The summed E-state index contributed by atoms with van der Waals surface area (Å²) >= 11 is 3.21. The Hall–Kier alpha value is -1.99. The van der Waals surface area contributed by atoms with Crippen molar-refractivity contribution in [3.8, 4) is 15.5 Å². The molecule has 2 heterocycles. The van der Waals surface area contributed by atoms with Gasteiger partial charge < -0.3 is 14.7 Å². The van der Waals surface area contributed by atoms with Crippen molar-refractivity contribution < 1.29 is 19.4 Å². The van der Waals surface area contributed by atoms with Crippen LogP contribution in [0.4, 0.5) is 10.5 Å². The average molecular weight is 460 g/mol. The molecule has 1 aliphatic carbocycles. The first-order valence-corrected chi connectivity index (χ1v) is 13.0. The van der Waals surface area contributed by atoms with E-state index in [1.165, 1.54) is 11.3 Å². The molecule has 31 heavy (non-hydrogen) atoms. The fraction of sp³-hybridized carbons (Fsp3) is 0.500. The van der Waals surface area contributed by atoms with E-state index in [1.54, 1.807) is 0 Å². The molecule has 1 amide bonds. The molecule has 1 N–H and O–H groups in total. The molecule has 0 bridgehead atoms. The summed E-state index contributed by atoms with van der Waals surface area (Å²) in [5.41, 5.74) is 1.61. The number of carbonyl (C=O) groups is 2. The van der Waals surface area contributed by atoms with E-state index in [2.05, 4.69) is 6.92 Å². The molecule has 0 atom stereocenters. The lowest BCUT2D eigenvalue weighted by Gasteiger charge is -2.37. The van der Waals surface area contributed by atoms with E-state index < -0.39 is 6.16 Å². The van der Waals surface area contributed by atoms with Crippen LogP contribution < -0.4 is 9.64 Å². The molecular weight excluding hydrogens is 430 g/mol. The van der Waals surface area contributed by atoms with Crippen molar-refractivity contribution in [2.24, 2.45) is 11.8 Å². The van der Waals surface area contributed by atoms with Gasteiger partial charge in [-0.1, -0.05) is 48.6 Å². The fourth-order valence-corrected chi connectivity index (χ4v) is 6.65. The number of carboxylic acid groups (broad SMARTS) is 1. The van der Waals surface area contributed by atoms with E-state index in [0.29, 0.717) is 16.7 Å². The SMILES string of the molecule is C[C@H]1CC[C@H](C(=O)N(c2cc(-c3ccccc3)sc2OC(=O)O)C2CCSCC2)CC1. The van der Waals surface area contributed by atoms with E-state index >= 15 is 0 Å². The summed E-state index contributed by atoms with van der Waals surface area (Å²) in [6.45, 7) is 2.25. The third-order valence-electron chi connectivity index (χ3n) is 6.34. The predicted molar refractivity (Wildman–Crippen MR) is 127 cm³/mol. The molecule has 2 aromatic rings. The molecule has 4 rings (SSSR count). The minimum atomic E-state index is -1.35. The maximum atomic E-state index is 13.8. The third-order valence-corrected chi connectivity index (χ3v) is 8.44. The Labute approximate surface area is 191 Å². The summed E-state index contributed by atoms with van der Waals surface area (Å²) in [7, 11) is 0. The number of thioether (sulfide) groups is 1. The van der Waals surface area contributed by atoms with Crippen LogP contribution in [0.3, 0.4) is 0 Å². The first kappa shape index (κ1) is 22.2. The van der Waals surface area contributed by atoms with Crippen LogP contribution in [0.15, 0.2) is 36.4 Å². The number of hydrogen-bond donors (Lipinski definition) is 1. The van der Waals surface area contributed by atoms with Gasteiger partial charge in [-0.2, -0.15) is 11.8 Å². The highest BCUT2D eigenvalue weighted by molar-refractivity contribution is 7.99. The molecule has 0 spiro atoms. The van der Waals surface area contributed by atoms with Gasteiger partial charge in [-0.05, 0) is 67.6 Å². The van der Waals surface area contributed by atoms with Gasteiger partial charge in [0, 0.05) is 16.8 Å². The average Bonchev–Trinajstić information content (AvgIpc) is 3.18. The molecule has 1 saturated heterocycles. The van der Waals surface area contributed by atoms with Gasteiger partial charge in [0.1, 0.15) is 0 Å². The lowest BCUT2D eigenvalue weighted by molar-refractivity contribution is -0.124. The van der Waals surface area contributed by atoms with Crippen molar-refractivity contribution in [2.75, 3.05) is 16.4 Å². The highest BCUT2D eigenvalue weighted by atomic mass is 32.2. The van der Waals surface area contributed by atoms with Gasteiger partial charge in [0.15, 0.2) is 0 Å². The van der Waals surface area contributed by atoms with E-state index in [4.69, 9.17) is 4.74 Å². The molecule has 1 aromatic carbocycles. The number of amides is 1. The Morgan fingerprint density at radius 2 is 1.71 bits per heavy atom. The van der Waals surface area contributed by atoms with Gasteiger partial charge in [0.2, 0.25) is 11.0 Å². The lowest BCUT2D eigenvalue weighted by atomic mass is 9.82. The zero-order chi connectivity index (χ0) is 21.8. The van der Waals surface area contributed by atoms with Crippen LogP contribution in [0.1, 0.15) is 45.4 Å².